The molecule has 2 aromatic rings. The van der Waals surface area contributed by atoms with E-state index in [9.17, 15) is 4.79 Å². The lowest BCUT2D eigenvalue weighted by Crippen LogP contribution is -2.30. The Morgan fingerprint density at radius 1 is 1.45 bits per heavy atom. The highest BCUT2D eigenvalue weighted by atomic mass is 16.5. The Labute approximate surface area is 130 Å². The summed E-state index contributed by atoms with van der Waals surface area (Å²) in [6.07, 6.45) is 4.59. The van der Waals surface area contributed by atoms with Gasteiger partial charge in [0.25, 0.3) is 5.91 Å². The molecule has 0 aliphatic carbocycles. The van der Waals surface area contributed by atoms with Gasteiger partial charge in [-0.2, -0.15) is 5.10 Å². The van der Waals surface area contributed by atoms with Gasteiger partial charge in [-0.05, 0) is 33.1 Å². The fourth-order valence-corrected chi connectivity index (χ4v) is 3.09. The predicted octanol–water partition coefficient (Wildman–Crippen LogP) is 2.88. The van der Waals surface area contributed by atoms with Crippen molar-refractivity contribution in [3.63, 3.8) is 0 Å². The molecule has 0 bridgehead atoms. The van der Waals surface area contributed by atoms with Crippen molar-refractivity contribution in [3.05, 3.63) is 35.0 Å². The van der Waals surface area contributed by atoms with Gasteiger partial charge in [0.15, 0.2) is 5.76 Å². The number of carbonyl (C=O) groups excluding carboxylic acids is 1. The van der Waals surface area contributed by atoms with Crippen molar-refractivity contribution in [3.8, 4) is 0 Å². The van der Waals surface area contributed by atoms with Crippen LogP contribution >= 0.6 is 0 Å². The van der Waals surface area contributed by atoms with Gasteiger partial charge in [-0.25, -0.2) is 0 Å². The van der Waals surface area contributed by atoms with E-state index < -0.39 is 0 Å². The lowest BCUT2D eigenvalue weighted by Gasteiger charge is -2.22. The van der Waals surface area contributed by atoms with Gasteiger partial charge in [0.05, 0.1) is 23.5 Å². The lowest BCUT2D eigenvalue weighted by atomic mass is 10.1. The second kappa shape index (κ2) is 5.94. The highest BCUT2D eigenvalue weighted by Gasteiger charge is 2.34. The average molecular weight is 302 g/mol. The summed E-state index contributed by atoms with van der Waals surface area (Å²) in [5.41, 5.74) is 2.48. The van der Waals surface area contributed by atoms with Crippen molar-refractivity contribution in [2.24, 2.45) is 0 Å². The summed E-state index contributed by atoms with van der Waals surface area (Å²) < 4.78 is 7.27. The van der Waals surface area contributed by atoms with Crippen LogP contribution in [0.5, 0.6) is 0 Å². The van der Waals surface area contributed by atoms with E-state index in [1.54, 1.807) is 6.20 Å². The third-order valence-electron chi connectivity index (χ3n) is 4.26. The van der Waals surface area contributed by atoms with E-state index in [1.165, 1.54) is 0 Å². The molecule has 0 aromatic carbocycles. The van der Waals surface area contributed by atoms with Crippen molar-refractivity contribution in [1.82, 2.24) is 19.8 Å². The molecule has 0 saturated carbocycles. The van der Waals surface area contributed by atoms with Crippen LogP contribution in [0, 0.1) is 13.8 Å². The number of likely N-dealkylation sites (tertiary alicyclic amines) is 1. The number of carbonyl (C=O) groups is 1. The second-order valence-corrected chi connectivity index (χ2v) is 5.89. The van der Waals surface area contributed by atoms with Crippen LogP contribution in [0.25, 0.3) is 0 Å². The zero-order chi connectivity index (χ0) is 15.7. The molecule has 0 N–H and O–H groups in total. The zero-order valence-electron chi connectivity index (χ0n) is 13.4. The van der Waals surface area contributed by atoms with E-state index in [-0.39, 0.29) is 11.9 Å². The first-order valence-electron chi connectivity index (χ1n) is 7.88. The molecule has 1 fully saturated rings. The maximum absolute atomic E-state index is 12.9. The Hall–Kier alpha value is -2.11. The van der Waals surface area contributed by atoms with Crippen molar-refractivity contribution in [2.75, 3.05) is 6.54 Å². The molecule has 2 aromatic heterocycles. The molecule has 3 rings (SSSR count). The average Bonchev–Trinajstić information content (AvgIpc) is 3.20. The third kappa shape index (κ3) is 2.53. The van der Waals surface area contributed by atoms with E-state index in [4.69, 9.17) is 4.52 Å². The fraction of sp³-hybridized carbons (Fsp3) is 0.562. The van der Waals surface area contributed by atoms with E-state index >= 15 is 0 Å². The van der Waals surface area contributed by atoms with Crippen molar-refractivity contribution >= 4 is 5.91 Å². The standard InChI is InChI=1S/C16H22N4O2/c1-4-7-20-12(3)13(10-17-20)16(21)19-8-5-6-14(19)15-9-11(2)18-22-15/h9-10,14H,4-8H2,1-3H3/t14-/m1/s1. The lowest BCUT2D eigenvalue weighted by molar-refractivity contribution is 0.0713. The molecule has 6 nitrogen and oxygen atoms in total. The molecule has 6 heteroatoms. The molecular formula is C16H22N4O2. The van der Waals surface area contributed by atoms with Crippen molar-refractivity contribution in [2.45, 2.75) is 52.6 Å². The summed E-state index contributed by atoms with van der Waals surface area (Å²) in [6, 6.07) is 1.91. The molecule has 22 heavy (non-hydrogen) atoms. The van der Waals surface area contributed by atoms with Crippen LogP contribution in [0.1, 0.15) is 59.7 Å². The Kier molecular flexibility index (Phi) is 4.00. The van der Waals surface area contributed by atoms with Gasteiger partial charge in [0, 0.05) is 24.8 Å². The Balaban J connectivity index is 1.84. The zero-order valence-corrected chi connectivity index (χ0v) is 13.4. The van der Waals surface area contributed by atoms with Crippen LogP contribution in [0.4, 0.5) is 0 Å². The number of hydrogen-bond acceptors (Lipinski definition) is 4. The Bertz CT molecular complexity index is 673. The number of aromatic nitrogens is 3. The minimum Gasteiger partial charge on any atom is -0.359 e. The van der Waals surface area contributed by atoms with Crippen LogP contribution in [-0.2, 0) is 6.54 Å². The van der Waals surface area contributed by atoms with Gasteiger partial charge in [-0.1, -0.05) is 12.1 Å². The molecule has 0 unspecified atom stereocenters. The van der Waals surface area contributed by atoms with Gasteiger partial charge < -0.3 is 9.42 Å². The van der Waals surface area contributed by atoms with E-state index in [0.29, 0.717) is 5.56 Å². The normalized spacial score (nSPS) is 18.1. The Morgan fingerprint density at radius 2 is 2.27 bits per heavy atom. The van der Waals surface area contributed by atoms with Gasteiger partial charge >= 0.3 is 0 Å². The summed E-state index contributed by atoms with van der Waals surface area (Å²) in [6.45, 7) is 7.55. The molecule has 1 saturated heterocycles. The number of aryl methyl sites for hydroxylation is 2. The van der Waals surface area contributed by atoms with Gasteiger partial charge in [-0.15, -0.1) is 0 Å². The maximum atomic E-state index is 12.9. The third-order valence-corrected chi connectivity index (χ3v) is 4.26. The minimum atomic E-state index is -0.0115. The molecule has 0 radical (unpaired) electrons. The highest BCUT2D eigenvalue weighted by Crippen LogP contribution is 2.33. The first-order chi connectivity index (χ1) is 10.6. The quantitative estimate of drug-likeness (QED) is 0.871. The van der Waals surface area contributed by atoms with Crippen LogP contribution in [0.15, 0.2) is 16.8 Å². The first-order valence-corrected chi connectivity index (χ1v) is 7.88. The van der Waals surface area contributed by atoms with Crippen LogP contribution < -0.4 is 0 Å². The monoisotopic (exact) mass is 302 g/mol. The topological polar surface area (TPSA) is 64.2 Å². The molecule has 0 spiro atoms. The number of nitrogens with zero attached hydrogens (tertiary/aromatic N) is 4. The largest absolute Gasteiger partial charge is 0.359 e. The molecular weight excluding hydrogens is 280 g/mol. The van der Waals surface area contributed by atoms with E-state index in [0.717, 1.165) is 49.5 Å². The van der Waals surface area contributed by atoms with Gasteiger partial charge in [-0.3, -0.25) is 9.48 Å². The van der Waals surface area contributed by atoms with Crippen molar-refractivity contribution in [1.29, 1.82) is 0 Å². The molecule has 118 valence electrons. The summed E-state index contributed by atoms with van der Waals surface area (Å²) in [4.78, 5) is 14.8. The van der Waals surface area contributed by atoms with Gasteiger partial charge in [0.2, 0.25) is 0 Å². The summed E-state index contributed by atoms with van der Waals surface area (Å²) in [5, 5.41) is 8.28. The van der Waals surface area contributed by atoms with Crippen LogP contribution in [-0.4, -0.2) is 32.3 Å². The van der Waals surface area contributed by atoms with Gasteiger partial charge in [0.1, 0.15) is 0 Å². The fourth-order valence-electron chi connectivity index (χ4n) is 3.09. The summed E-state index contributed by atoms with van der Waals surface area (Å²) in [7, 11) is 0. The minimum absolute atomic E-state index is 0.0115. The second-order valence-electron chi connectivity index (χ2n) is 5.89. The number of rotatable bonds is 4. The SMILES string of the molecule is CCCn1ncc(C(=O)N2CCC[C@@H]2c2cc(C)no2)c1C. The number of amides is 1. The Morgan fingerprint density at radius 3 is 2.95 bits per heavy atom. The maximum Gasteiger partial charge on any atom is 0.257 e. The molecule has 1 amide bonds. The molecule has 3 heterocycles. The predicted molar refractivity (Wildman–Crippen MR) is 81.5 cm³/mol. The summed E-state index contributed by atoms with van der Waals surface area (Å²) >= 11 is 0. The molecule has 1 atom stereocenters. The molecule has 1 aliphatic rings. The smallest absolute Gasteiger partial charge is 0.257 e. The molecule has 1 aliphatic heterocycles. The van der Waals surface area contributed by atoms with E-state index in [1.807, 2.05) is 29.5 Å². The van der Waals surface area contributed by atoms with Crippen molar-refractivity contribution < 1.29 is 9.32 Å². The van der Waals surface area contributed by atoms with E-state index in [2.05, 4.69) is 17.2 Å². The van der Waals surface area contributed by atoms with Crippen LogP contribution in [0.2, 0.25) is 0 Å². The first kappa shape index (κ1) is 14.8. The highest BCUT2D eigenvalue weighted by molar-refractivity contribution is 5.95. The summed E-state index contributed by atoms with van der Waals surface area (Å²) in [5.74, 6) is 0.818. The van der Waals surface area contributed by atoms with Crippen LogP contribution in [0.3, 0.4) is 0 Å². The number of hydrogen-bond donors (Lipinski definition) is 0.